The monoisotopic (exact) mass is 188 g/mol. The third kappa shape index (κ3) is 1.67. The van der Waals surface area contributed by atoms with Crippen molar-refractivity contribution in [2.75, 3.05) is 6.61 Å². The van der Waals surface area contributed by atoms with Gasteiger partial charge in [-0.2, -0.15) is 0 Å². The van der Waals surface area contributed by atoms with Gasteiger partial charge in [0.05, 0.1) is 6.61 Å². The number of aliphatic hydroxyl groups excluding tert-OH is 1. The van der Waals surface area contributed by atoms with Crippen molar-refractivity contribution < 1.29 is 24.1 Å². The van der Waals surface area contributed by atoms with Gasteiger partial charge in [-0.3, -0.25) is 4.79 Å². The summed E-state index contributed by atoms with van der Waals surface area (Å²) in [5, 5.41) is 9.62. The Hall–Kier alpha value is -0.650. The first-order valence-corrected chi connectivity index (χ1v) is 4.29. The summed E-state index contributed by atoms with van der Waals surface area (Å²) in [7, 11) is 0. The fourth-order valence-corrected chi connectivity index (χ4v) is 1.68. The predicted molar refractivity (Wildman–Crippen MR) is 40.8 cm³/mol. The highest BCUT2D eigenvalue weighted by atomic mass is 16.7. The van der Waals surface area contributed by atoms with Crippen LogP contribution in [0.4, 0.5) is 0 Å². The quantitative estimate of drug-likeness (QED) is 0.558. The van der Waals surface area contributed by atoms with Crippen LogP contribution in [0.25, 0.3) is 0 Å². The first kappa shape index (κ1) is 8.93. The summed E-state index contributed by atoms with van der Waals surface area (Å²) in [6.45, 7) is 1.70. The standard InChI is InChI=1S/C8H12O5/c1-4(9)12-5-2-7-11-3-6(13-7)8(5)10/h5-8,10H,2-3H2,1H3. The van der Waals surface area contributed by atoms with E-state index < -0.39 is 12.2 Å². The minimum Gasteiger partial charge on any atom is -0.459 e. The van der Waals surface area contributed by atoms with Crippen molar-refractivity contribution in [3.05, 3.63) is 0 Å². The highest BCUT2D eigenvalue weighted by molar-refractivity contribution is 5.66. The second-order valence-corrected chi connectivity index (χ2v) is 3.31. The molecule has 13 heavy (non-hydrogen) atoms. The highest BCUT2D eigenvalue weighted by Crippen LogP contribution is 2.29. The number of hydrogen-bond donors (Lipinski definition) is 1. The summed E-state index contributed by atoms with van der Waals surface area (Å²) in [6, 6.07) is 0. The van der Waals surface area contributed by atoms with Gasteiger partial charge in [0.2, 0.25) is 0 Å². The minimum absolute atomic E-state index is 0.322. The maximum absolute atomic E-state index is 10.7. The molecule has 0 aromatic heterocycles. The maximum Gasteiger partial charge on any atom is 0.302 e. The van der Waals surface area contributed by atoms with Crippen LogP contribution in [0.2, 0.25) is 0 Å². The number of esters is 1. The van der Waals surface area contributed by atoms with Crippen LogP contribution in [-0.2, 0) is 19.0 Å². The molecular formula is C8H12O5. The lowest BCUT2D eigenvalue weighted by Gasteiger charge is -2.30. The van der Waals surface area contributed by atoms with Gasteiger partial charge in [0.1, 0.15) is 18.3 Å². The van der Waals surface area contributed by atoms with E-state index in [1.807, 2.05) is 0 Å². The molecule has 4 atom stereocenters. The van der Waals surface area contributed by atoms with Crippen molar-refractivity contribution in [1.82, 2.24) is 0 Å². The lowest BCUT2D eigenvalue weighted by molar-refractivity contribution is -0.188. The van der Waals surface area contributed by atoms with E-state index in [4.69, 9.17) is 14.2 Å². The maximum atomic E-state index is 10.7. The third-order valence-corrected chi connectivity index (χ3v) is 2.28. The Morgan fingerprint density at radius 2 is 2.38 bits per heavy atom. The number of rotatable bonds is 1. The van der Waals surface area contributed by atoms with E-state index in [1.165, 1.54) is 6.92 Å². The van der Waals surface area contributed by atoms with Gasteiger partial charge in [0.25, 0.3) is 0 Å². The Balaban J connectivity index is 2.00. The summed E-state index contributed by atoms with van der Waals surface area (Å²) >= 11 is 0. The zero-order chi connectivity index (χ0) is 9.42. The van der Waals surface area contributed by atoms with E-state index in [0.717, 1.165) is 0 Å². The van der Waals surface area contributed by atoms with Crippen molar-refractivity contribution in [3.8, 4) is 0 Å². The molecule has 2 aliphatic rings. The van der Waals surface area contributed by atoms with Crippen LogP contribution in [0, 0.1) is 0 Å². The normalized spacial score (nSPS) is 43.2. The molecule has 2 fully saturated rings. The van der Waals surface area contributed by atoms with Gasteiger partial charge in [0.15, 0.2) is 6.29 Å². The molecule has 2 rings (SSSR count). The second kappa shape index (κ2) is 3.25. The zero-order valence-electron chi connectivity index (χ0n) is 7.30. The molecule has 0 saturated carbocycles. The van der Waals surface area contributed by atoms with E-state index in [0.29, 0.717) is 13.0 Å². The average Bonchev–Trinajstić information content (AvgIpc) is 2.44. The largest absolute Gasteiger partial charge is 0.459 e. The summed E-state index contributed by atoms with van der Waals surface area (Å²) in [5.74, 6) is -0.384. The van der Waals surface area contributed by atoms with Crippen molar-refractivity contribution in [2.45, 2.75) is 37.9 Å². The van der Waals surface area contributed by atoms with Crippen LogP contribution in [0.3, 0.4) is 0 Å². The molecule has 0 radical (unpaired) electrons. The molecule has 2 aliphatic heterocycles. The highest BCUT2D eigenvalue weighted by Gasteiger charge is 2.44. The number of fused-ring (bicyclic) bond motifs is 2. The van der Waals surface area contributed by atoms with E-state index in [-0.39, 0.29) is 18.4 Å². The molecule has 0 amide bonds. The average molecular weight is 188 g/mol. The van der Waals surface area contributed by atoms with E-state index >= 15 is 0 Å². The second-order valence-electron chi connectivity index (χ2n) is 3.31. The van der Waals surface area contributed by atoms with Crippen molar-refractivity contribution in [3.63, 3.8) is 0 Å². The fraction of sp³-hybridized carbons (Fsp3) is 0.875. The Bertz CT molecular complexity index is 217. The molecule has 0 aliphatic carbocycles. The summed E-state index contributed by atoms with van der Waals surface area (Å²) in [5.41, 5.74) is 0. The Morgan fingerprint density at radius 1 is 1.62 bits per heavy atom. The van der Waals surface area contributed by atoms with Crippen molar-refractivity contribution >= 4 is 5.97 Å². The summed E-state index contributed by atoms with van der Waals surface area (Å²) in [6.07, 6.45) is -1.50. The first-order valence-electron chi connectivity index (χ1n) is 4.29. The topological polar surface area (TPSA) is 65.0 Å². The van der Waals surface area contributed by atoms with Crippen LogP contribution >= 0.6 is 0 Å². The van der Waals surface area contributed by atoms with Gasteiger partial charge < -0.3 is 19.3 Å². The number of aliphatic hydroxyl groups is 1. The Labute approximate surface area is 75.6 Å². The molecule has 1 N–H and O–H groups in total. The molecule has 0 aromatic carbocycles. The van der Waals surface area contributed by atoms with E-state index in [2.05, 4.69) is 0 Å². The molecule has 74 valence electrons. The minimum atomic E-state index is -0.761. The van der Waals surface area contributed by atoms with Gasteiger partial charge in [-0.05, 0) is 0 Å². The summed E-state index contributed by atoms with van der Waals surface area (Å²) < 4.78 is 15.4. The van der Waals surface area contributed by atoms with Crippen LogP contribution < -0.4 is 0 Å². The Morgan fingerprint density at radius 3 is 3.08 bits per heavy atom. The molecule has 2 heterocycles. The third-order valence-electron chi connectivity index (χ3n) is 2.28. The van der Waals surface area contributed by atoms with Gasteiger partial charge in [-0.25, -0.2) is 0 Å². The number of hydrogen-bond acceptors (Lipinski definition) is 5. The SMILES string of the molecule is CC(=O)OC1CC2OCC(O2)C1O. The number of carbonyl (C=O) groups excluding carboxylic acids is 1. The van der Waals surface area contributed by atoms with E-state index in [9.17, 15) is 9.90 Å². The molecule has 4 unspecified atom stereocenters. The predicted octanol–water partition coefficient (Wildman–Crippen LogP) is -0.576. The van der Waals surface area contributed by atoms with Crippen LogP contribution in [0.5, 0.6) is 0 Å². The fourth-order valence-electron chi connectivity index (χ4n) is 1.68. The lowest BCUT2D eigenvalue weighted by atomic mass is 10.0. The lowest BCUT2D eigenvalue weighted by Crippen LogP contribution is -2.46. The molecule has 5 heteroatoms. The number of ether oxygens (including phenoxy) is 3. The molecule has 0 spiro atoms. The van der Waals surface area contributed by atoms with Crippen LogP contribution in [0.1, 0.15) is 13.3 Å². The Kier molecular flexibility index (Phi) is 2.23. The summed E-state index contributed by atoms with van der Waals surface area (Å²) in [4.78, 5) is 10.7. The van der Waals surface area contributed by atoms with E-state index in [1.54, 1.807) is 0 Å². The van der Waals surface area contributed by atoms with Crippen LogP contribution in [0.15, 0.2) is 0 Å². The number of carbonyl (C=O) groups is 1. The van der Waals surface area contributed by atoms with Gasteiger partial charge in [0, 0.05) is 13.3 Å². The van der Waals surface area contributed by atoms with Crippen LogP contribution in [-0.4, -0.2) is 42.3 Å². The molecule has 2 saturated heterocycles. The first-order chi connectivity index (χ1) is 6.16. The zero-order valence-corrected chi connectivity index (χ0v) is 7.30. The van der Waals surface area contributed by atoms with Gasteiger partial charge >= 0.3 is 5.97 Å². The van der Waals surface area contributed by atoms with Gasteiger partial charge in [-0.15, -0.1) is 0 Å². The molecular weight excluding hydrogens is 176 g/mol. The smallest absolute Gasteiger partial charge is 0.302 e. The molecule has 2 bridgehead atoms. The van der Waals surface area contributed by atoms with Crippen molar-refractivity contribution in [1.29, 1.82) is 0 Å². The molecule has 0 aromatic rings. The molecule has 5 nitrogen and oxygen atoms in total. The van der Waals surface area contributed by atoms with Gasteiger partial charge in [-0.1, -0.05) is 0 Å². The van der Waals surface area contributed by atoms with Crippen molar-refractivity contribution in [2.24, 2.45) is 0 Å².